The Morgan fingerprint density at radius 2 is 1.24 bits per heavy atom. The molecule has 1 atom stereocenters. The number of anilines is 3. The number of hydrogen-bond donors (Lipinski definition) is 1. The van der Waals surface area contributed by atoms with Gasteiger partial charge in [-0.05, 0) is 92.4 Å². The molecule has 0 aromatic heterocycles. The van der Waals surface area contributed by atoms with Crippen LogP contribution >= 0.6 is 0 Å². The molecule has 0 radical (unpaired) electrons. The highest BCUT2D eigenvalue weighted by Crippen LogP contribution is 2.36. The number of rotatable bonds is 10. The molecule has 0 amide bonds. The van der Waals surface area contributed by atoms with Gasteiger partial charge in [0.1, 0.15) is 0 Å². The summed E-state index contributed by atoms with van der Waals surface area (Å²) < 4.78 is 0. The maximum atomic E-state index is 10.8. The van der Waals surface area contributed by atoms with Crippen LogP contribution in [0.5, 0.6) is 0 Å². The van der Waals surface area contributed by atoms with Crippen LogP contribution in [0.25, 0.3) is 0 Å². The topological polar surface area (TPSA) is 91.3 Å². The number of aliphatic hydroxyl groups is 1. The van der Waals surface area contributed by atoms with Gasteiger partial charge in [-0.1, -0.05) is 36.8 Å². The van der Waals surface area contributed by atoms with Crippen molar-refractivity contribution in [1.29, 1.82) is 0 Å². The van der Waals surface area contributed by atoms with Gasteiger partial charge in [0.15, 0.2) is 0 Å². The molecular formula is C30H30N4O3. The van der Waals surface area contributed by atoms with E-state index in [2.05, 4.69) is 70.6 Å². The molecule has 37 heavy (non-hydrogen) atoms. The van der Waals surface area contributed by atoms with Crippen LogP contribution in [0.2, 0.25) is 0 Å². The van der Waals surface area contributed by atoms with E-state index in [-0.39, 0.29) is 11.8 Å². The number of aryl methyl sites for hydroxylation is 2. The van der Waals surface area contributed by atoms with E-state index in [1.807, 2.05) is 31.2 Å². The third kappa shape index (κ3) is 6.86. The quantitative estimate of drug-likeness (QED) is 0.136. The number of nitro benzene ring substituents is 1. The zero-order valence-electron chi connectivity index (χ0n) is 21.0. The molecule has 0 fully saturated rings. The lowest BCUT2D eigenvalue weighted by Gasteiger charge is -2.26. The molecule has 0 aliphatic rings. The minimum atomic E-state index is -0.441. The summed E-state index contributed by atoms with van der Waals surface area (Å²) in [5.74, 6) is 0. The van der Waals surface area contributed by atoms with Crippen LogP contribution in [0.1, 0.15) is 30.9 Å². The van der Waals surface area contributed by atoms with Crippen molar-refractivity contribution in [2.24, 2.45) is 10.2 Å². The Morgan fingerprint density at radius 1 is 0.784 bits per heavy atom. The molecule has 0 bridgehead atoms. The van der Waals surface area contributed by atoms with Crippen LogP contribution in [0.4, 0.5) is 34.1 Å². The molecule has 0 heterocycles. The molecule has 0 aliphatic heterocycles. The third-order valence-corrected chi connectivity index (χ3v) is 6.17. The smallest absolute Gasteiger partial charge is 0.269 e. The van der Waals surface area contributed by atoms with E-state index in [1.54, 1.807) is 12.1 Å². The molecule has 7 nitrogen and oxygen atoms in total. The summed E-state index contributed by atoms with van der Waals surface area (Å²) in [6, 6.07) is 30.6. The Morgan fingerprint density at radius 3 is 1.73 bits per heavy atom. The average molecular weight is 495 g/mol. The van der Waals surface area contributed by atoms with Gasteiger partial charge in [-0.2, -0.15) is 10.2 Å². The van der Waals surface area contributed by atoms with Gasteiger partial charge in [0.05, 0.1) is 22.4 Å². The molecule has 0 saturated heterocycles. The first-order chi connectivity index (χ1) is 17.9. The van der Waals surface area contributed by atoms with Crippen molar-refractivity contribution in [3.8, 4) is 0 Å². The Labute approximate surface area is 216 Å². The second kappa shape index (κ2) is 12.1. The lowest BCUT2D eigenvalue weighted by atomic mass is 10.0. The monoisotopic (exact) mass is 494 g/mol. The molecule has 4 aromatic rings. The summed E-state index contributed by atoms with van der Waals surface area (Å²) in [5.41, 5.74) is 6.68. The fourth-order valence-electron chi connectivity index (χ4n) is 3.91. The van der Waals surface area contributed by atoms with Crippen molar-refractivity contribution < 1.29 is 10.0 Å². The van der Waals surface area contributed by atoms with E-state index < -0.39 is 4.92 Å². The summed E-state index contributed by atoms with van der Waals surface area (Å²) in [6.07, 6.45) is 2.10. The molecule has 7 heteroatoms. The van der Waals surface area contributed by atoms with E-state index in [9.17, 15) is 15.2 Å². The molecule has 4 rings (SSSR count). The summed E-state index contributed by atoms with van der Waals surface area (Å²) in [4.78, 5) is 12.6. The van der Waals surface area contributed by atoms with Gasteiger partial charge in [0.2, 0.25) is 0 Å². The Bertz CT molecular complexity index is 1330. The lowest BCUT2D eigenvalue weighted by Crippen LogP contribution is -2.10. The Hall–Kier alpha value is -4.36. The van der Waals surface area contributed by atoms with Gasteiger partial charge >= 0.3 is 0 Å². The molecule has 188 valence electrons. The highest BCUT2D eigenvalue weighted by molar-refractivity contribution is 5.77. The van der Waals surface area contributed by atoms with Gasteiger partial charge in [0.25, 0.3) is 5.69 Å². The van der Waals surface area contributed by atoms with Crippen LogP contribution in [0.3, 0.4) is 0 Å². The predicted octanol–water partition coefficient (Wildman–Crippen LogP) is 8.49. The molecular weight excluding hydrogens is 464 g/mol. The lowest BCUT2D eigenvalue weighted by molar-refractivity contribution is -0.384. The molecule has 4 aromatic carbocycles. The highest BCUT2D eigenvalue weighted by atomic mass is 16.6. The highest BCUT2D eigenvalue weighted by Gasteiger charge is 2.13. The first kappa shape index (κ1) is 25.7. The van der Waals surface area contributed by atoms with Crippen LogP contribution in [-0.2, 0) is 6.42 Å². The fourth-order valence-corrected chi connectivity index (χ4v) is 3.91. The second-order valence-electron chi connectivity index (χ2n) is 8.93. The largest absolute Gasteiger partial charge is 0.393 e. The van der Waals surface area contributed by atoms with E-state index in [4.69, 9.17) is 0 Å². The summed E-state index contributed by atoms with van der Waals surface area (Å²) in [6.45, 7) is 4.06. The maximum Gasteiger partial charge on any atom is 0.269 e. The summed E-state index contributed by atoms with van der Waals surface area (Å²) in [7, 11) is 0. The van der Waals surface area contributed by atoms with Crippen molar-refractivity contribution >= 4 is 34.1 Å². The minimum absolute atomic E-state index is 0.0195. The Kier molecular flexibility index (Phi) is 8.38. The van der Waals surface area contributed by atoms with E-state index in [0.717, 1.165) is 36.3 Å². The number of non-ortho nitro benzene ring substituents is 1. The fraction of sp³-hybridized carbons (Fsp3) is 0.200. The van der Waals surface area contributed by atoms with Crippen molar-refractivity contribution in [2.75, 3.05) is 4.90 Å². The van der Waals surface area contributed by atoms with Crippen molar-refractivity contribution in [2.45, 2.75) is 39.2 Å². The van der Waals surface area contributed by atoms with Gasteiger partial charge < -0.3 is 10.0 Å². The number of nitrogens with zero attached hydrogens (tertiary/aromatic N) is 4. The van der Waals surface area contributed by atoms with Crippen LogP contribution in [0, 0.1) is 17.0 Å². The summed E-state index contributed by atoms with van der Waals surface area (Å²) in [5, 5.41) is 29.2. The molecule has 1 N–H and O–H groups in total. The number of hydrogen-bond acceptors (Lipinski definition) is 6. The molecule has 0 aliphatic carbocycles. The number of aliphatic hydroxyl groups excluding tert-OH is 1. The van der Waals surface area contributed by atoms with Gasteiger partial charge in [0, 0.05) is 29.2 Å². The van der Waals surface area contributed by atoms with Gasteiger partial charge in [-0.15, -0.1) is 0 Å². The van der Waals surface area contributed by atoms with Gasteiger partial charge in [-0.25, -0.2) is 0 Å². The molecule has 0 saturated carbocycles. The SMILES string of the molecule is CCC(O)CCc1ccc(N(c2ccc(C)cc2)c2ccc(N=Nc3ccc([N+](=O)[O-])cc3)cc2)cc1. The second-order valence-corrected chi connectivity index (χ2v) is 8.93. The Balaban J connectivity index is 1.56. The first-order valence-electron chi connectivity index (χ1n) is 12.3. The van der Waals surface area contributed by atoms with E-state index in [0.29, 0.717) is 11.4 Å². The zero-order valence-corrected chi connectivity index (χ0v) is 21.0. The van der Waals surface area contributed by atoms with Crippen LogP contribution in [0.15, 0.2) is 107 Å². The summed E-state index contributed by atoms with van der Waals surface area (Å²) >= 11 is 0. The molecule has 0 spiro atoms. The van der Waals surface area contributed by atoms with Crippen molar-refractivity contribution in [3.63, 3.8) is 0 Å². The standard InChI is InChI=1S/C30H30N4O3/c1-3-30(35)21-8-23-6-15-27(16-7-23)33(26-13-4-22(2)5-14-26)28-17-9-24(10-18-28)31-32-25-11-19-29(20-12-25)34(36)37/h4-7,9-20,30,35H,3,8,21H2,1-2H3. The minimum Gasteiger partial charge on any atom is -0.393 e. The third-order valence-electron chi connectivity index (χ3n) is 6.17. The number of azo groups is 1. The van der Waals surface area contributed by atoms with E-state index >= 15 is 0 Å². The average Bonchev–Trinajstić information content (AvgIpc) is 2.93. The first-order valence-corrected chi connectivity index (χ1v) is 12.3. The van der Waals surface area contributed by atoms with Gasteiger partial charge in [-0.3, -0.25) is 10.1 Å². The zero-order chi connectivity index (χ0) is 26.2. The van der Waals surface area contributed by atoms with E-state index in [1.165, 1.54) is 23.3 Å². The number of nitro groups is 1. The normalized spacial score (nSPS) is 12.0. The van der Waals surface area contributed by atoms with Crippen LogP contribution in [-0.4, -0.2) is 16.1 Å². The van der Waals surface area contributed by atoms with Crippen LogP contribution < -0.4 is 4.90 Å². The predicted molar refractivity (Wildman–Crippen MR) is 148 cm³/mol. The van der Waals surface area contributed by atoms with Crippen molar-refractivity contribution in [1.82, 2.24) is 0 Å². The maximum absolute atomic E-state index is 10.8. The van der Waals surface area contributed by atoms with Crippen molar-refractivity contribution in [3.05, 3.63) is 118 Å². The molecule has 1 unspecified atom stereocenters. The number of benzene rings is 4.